The molecule has 0 radical (unpaired) electrons. The number of likely N-dealkylation sites (tertiary alicyclic amines) is 1. The number of carbonyl (C=O) groups is 2. The molecule has 4 saturated heterocycles. The minimum atomic E-state index is 0.126. The summed E-state index contributed by atoms with van der Waals surface area (Å²) in [5.74, 6) is 1.52. The van der Waals surface area contributed by atoms with Crippen LogP contribution in [0.2, 0.25) is 0 Å². The fourth-order valence-electron chi connectivity index (χ4n) is 7.19. The molecule has 2 amide bonds. The lowest BCUT2D eigenvalue weighted by atomic mass is 9.69. The first kappa shape index (κ1) is 23.7. The van der Waals surface area contributed by atoms with Crippen LogP contribution in [0.4, 0.5) is 0 Å². The fourth-order valence-corrected chi connectivity index (χ4v) is 7.19. The summed E-state index contributed by atoms with van der Waals surface area (Å²) in [5, 5.41) is 0. The van der Waals surface area contributed by atoms with Crippen LogP contribution in [0.25, 0.3) is 0 Å². The van der Waals surface area contributed by atoms with Crippen LogP contribution >= 0.6 is 0 Å². The highest BCUT2D eigenvalue weighted by Crippen LogP contribution is 2.43. The van der Waals surface area contributed by atoms with E-state index in [-0.39, 0.29) is 17.9 Å². The first-order valence-electron chi connectivity index (χ1n) is 13.6. The fraction of sp³-hybridized carbons (Fsp3) is 0.741. The van der Waals surface area contributed by atoms with Crippen molar-refractivity contribution in [3.05, 3.63) is 30.1 Å². The summed E-state index contributed by atoms with van der Waals surface area (Å²) in [5.41, 5.74) is 0.694. The van der Waals surface area contributed by atoms with Crippen LogP contribution in [0.3, 0.4) is 0 Å². The van der Waals surface area contributed by atoms with Gasteiger partial charge in [-0.2, -0.15) is 0 Å². The topological polar surface area (TPSA) is 60.0 Å². The van der Waals surface area contributed by atoms with Gasteiger partial charge in [0.15, 0.2) is 0 Å². The Bertz CT molecular complexity index is 839. The van der Waals surface area contributed by atoms with E-state index in [1.165, 1.54) is 38.8 Å². The van der Waals surface area contributed by atoms with Crippen molar-refractivity contribution < 1.29 is 9.59 Å². The number of aromatic nitrogens is 1. The third-order valence-electron chi connectivity index (χ3n) is 8.90. The van der Waals surface area contributed by atoms with Crippen molar-refractivity contribution in [3.8, 4) is 0 Å². The Morgan fingerprint density at radius 2 is 1.85 bits per heavy atom. The second-order valence-corrected chi connectivity index (χ2v) is 10.7. The molecule has 0 aliphatic carbocycles. The number of carbonyl (C=O) groups excluding carboxylic acids is 2. The first-order chi connectivity index (χ1) is 16.7. The zero-order valence-corrected chi connectivity index (χ0v) is 20.8. The minimum absolute atomic E-state index is 0.126. The molecule has 0 bridgehead atoms. The van der Waals surface area contributed by atoms with Gasteiger partial charge in [-0.05, 0) is 82.1 Å². The maximum Gasteiger partial charge on any atom is 0.255 e. The SMILES string of the molecule is CCN1CCN(C(=O)CCC[C@@H]2[C@H]3CCCN4CCC[C@@H](CN2C(=O)c2cccnc2)[C@@H]34)CC1. The molecule has 5 rings (SSSR count). The van der Waals surface area contributed by atoms with Crippen LogP contribution in [-0.4, -0.2) is 101 Å². The van der Waals surface area contributed by atoms with E-state index in [1.807, 2.05) is 17.0 Å². The molecule has 4 fully saturated rings. The van der Waals surface area contributed by atoms with Crippen LogP contribution in [0.1, 0.15) is 62.2 Å². The number of piperazine rings is 1. The van der Waals surface area contributed by atoms with Gasteiger partial charge in [0, 0.05) is 63.6 Å². The summed E-state index contributed by atoms with van der Waals surface area (Å²) in [6, 6.07) is 4.59. The summed E-state index contributed by atoms with van der Waals surface area (Å²) in [7, 11) is 0. The molecule has 0 saturated carbocycles. The van der Waals surface area contributed by atoms with Crippen LogP contribution < -0.4 is 0 Å². The highest BCUT2D eigenvalue weighted by molar-refractivity contribution is 5.94. The van der Waals surface area contributed by atoms with E-state index in [9.17, 15) is 9.59 Å². The quantitative estimate of drug-likeness (QED) is 0.644. The number of nitrogens with zero attached hydrogens (tertiary/aromatic N) is 5. The van der Waals surface area contributed by atoms with E-state index in [1.54, 1.807) is 12.4 Å². The molecule has 0 N–H and O–H groups in total. The number of likely N-dealkylation sites (N-methyl/N-ethyl adjacent to an activating group) is 1. The standard InChI is InChI=1S/C27H41N5O2/c1-2-29-15-17-30(18-16-29)25(33)11-3-10-24-23-9-6-14-31-13-5-8-22(26(23)31)20-32(24)27(34)21-7-4-12-28-19-21/h4,7,12,19,22-24,26H,2-3,5-6,8-11,13-18,20H2,1H3/t22-,23+,24+,26-/m0/s1. The molecule has 5 heterocycles. The lowest BCUT2D eigenvalue weighted by Crippen LogP contribution is -2.65. The Labute approximate surface area is 204 Å². The van der Waals surface area contributed by atoms with Gasteiger partial charge in [0.2, 0.25) is 5.91 Å². The van der Waals surface area contributed by atoms with E-state index in [4.69, 9.17) is 0 Å². The number of amides is 2. The zero-order chi connectivity index (χ0) is 23.5. The summed E-state index contributed by atoms with van der Waals surface area (Å²) in [4.78, 5) is 40.1. The normalized spacial score (nSPS) is 30.1. The van der Waals surface area contributed by atoms with Gasteiger partial charge >= 0.3 is 0 Å². The van der Waals surface area contributed by atoms with E-state index >= 15 is 0 Å². The third-order valence-corrected chi connectivity index (χ3v) is 8.90. The Morgan fingerprint density at radius 3 is 2.59 bits per heavy atom. The molecule has 34 heavy (non-hydrogen) atoms. The summed E-state index contributed by atoms with van der Waals surface area (Å²) in [6.45, 7) is 10.2. The molecule has 1 aromatic rings. The van der Waals surface area contributed by atoms with Gasteiger partial charge in [-0.1, -0.05) is 6.92 Å². The van der Waals surface area contributed by atoms with Gasteiger partial charge in [-0.25, -0.2) is 0 Å². The molecule has 186 valence electrons. The Kier molecular flexibility index (Phi) is 7.49. The van der Waals surface area contributed by atoms with Gasteiger partial charge < -0.3 is 14.7 Å². The molecule has 0 spiro atoms. The maximum absolute atomic E-state index is 13.6. The molecular weight excluding hydrogens is 426 g/mol. The van der Waals surface area contributed by atoms with Gasteiger partial charge in [0.1, 0.15) is 0 Å². The van der Waals surface area contributed by atoms with Crippen LogP contribution in [0.15, 0.2) is 24.5 Å². The van der Waals surface area contributed by atoms with Crippen molar-refractivity contribution in [3.63, 3.8) is 0 Å². The smallest absolute Gasteiger partial charge is 0.255 e. The predicted octanol–water partition coefficient (Wildman–Crippen LogP) is 2.73. The van der Waals surface area contributed by atoms with E-state index < -0.39 is 0 Å². The van der Waals surface area contributed by atoms with Crippen LogP contribution in [0.5, 0.6) is 0 Å². The van der Waals surface area contributed by atoms with E-state index in [2.05, 4.69) is 26.6 Å². The van der Waals surface area contributed by atoms with Gasteiger partial charge in [-0.15, -0.1) is 0 Å². The molecule has 7 heteroatoms. The molecule has 0 aromatic carbocycles. The maximum atomic E-state index is 13.6. The molecule has 1 aromatic heterocycles. The number of hydrogen-bond donors (Lipinski definition) is 0. The summed E-state index contributed by atoms with van der Waals surface area (Å²) < 4.78 is 0. The molecular formula is C27H41N5O2. The van der Waals surface area contributed by atoms with Gasteiger partial charge in [-0.3, -0.25) is 19.5 Å². The second-order valence-electron chi connectivity index (χ2n) is 10.7. The van der Waals surface area contributed by atoms with Gasteiger partial charge in [0.25, 0.3) is 5.91 Å². The zero-order valence-electron chi connectivity index (χ0n) is 20.8. The molecule has 0 unspecified atom stereocenters. The summed E-state index contributed by atoms with van der Waals surface area (Å²) in [6.07, 6.45) is 10.7. The summed E-state index contributed by atoms with van der Waals surface area (Å²) >= 11 is 0. The van der Waals surface area contributed by atoms with Gasteiger partial charge in [0.05, 0.1) is 5.56 Å². The van der Waals surface area contributed by atoms with Crippen molar-refractivity contribution in [2.45, 2.75) is 64.0 Å². The lowest BCUT2D eigenvalue weighted by Gasteiger charge is -2.57. The van der Waals surface area contributed by atoms with E-state index in [0.29, 0.717) is 29.9 Å². The lowest BCUT2D eigenvalue weighted by molar-refractivity contribution is -0.133. The van der Waals surface area contributed by atoms with Crippen molar-refractivity contribution in [2.24, 2.45) is 11.8 Å². The number of rotatable bonds is 6. The Morgan fingerprint density at radius 1 is 1.06 bits per heavy atom. The van der Waals surface area contributed by atoms with Crippen LogP contribution in [0, 0.1) is 11.8 Å². The highest BCUT2D eigenvalue weighted by Gasteiger charge is 2.49. The number of piperidine rings is 3. The average molecular weight is 468 g/mol. The second kappa shape index (κ2) is 10.7. The van der Waals surface area contributed by atoms with E-state index in [0.717, 1.165) is 52.1 Å². The van der Waals surface area contributed by atoms with Crippen LogP contribution in [-0.2, 0) is 4.79 Å². The van der Waals surface area contributed by atoms with Crippen molar-refractivity contribution >= 4 is 11.8 Å². The molecule has 4 atom stereocenters. The van der Waals surface area contributed by atoms with Crippen molar-refractivity contribution in [1.82, 2.24) is 24.6 Å². The first-order valence-corrected chi connectivity index (χ1v) is 13.6. The highest BCUT2D eigenvalue weighted by atomic mass is 16.2. The monoisotopic (exact) mass is 467 g/mol. The largest absolute Gasteiger partial charge is 0.340 e. The van der Waals surface area contributed by atoms with Crippen molar-refractivity contribution in [2.75, 3.05) is 52.4 Å². The molecule has 4 aliphatic heterocycles. The average Bonchev–Trinajstić information content (AvgIpc) is 2.90. The molecule has 7 nitrogen and oxygen atoms in total. The number of hydrogen-bond acceptors (Lipinski definition) is 5. The Balaban J connectivity index is 1.28. The molecule has 4 aliphatic rings. The van der Waals surface area contributed by atoms with Crippen molar-refractivity contribution in [1.29, 1.82) is 0 Å². The minimum Gasteiger partial charge on any atom is -0.340 e. The Hall–Kier alpha value is -1.99. The third kappa shape index (κ3) is 4.87. The number of pyridine rings is 1. The predicted molar refractivity (Wildman–Crippen MR) is 132 cm³/mol.